The van der Waals surface area contributed by atoms with Crippen LogP contribution in [0.4, 0.5) is 43.9 Å². The minimum absolute atomic E-state index is 0.0818. The number of hydrogen-bond acceptors (Lipinski definition) is 14. The van der Waals surface area contributed by atoms with Gasteiger partial charge in [0.25, 0.3) is 0 Å². The molecule has 20 rings (SSSR count). The lowest BCUT2D eigenvalue weighted by Crippen LogP contribution is -2.15. The zero-order valence-electron chi connectivity index (χ0n) is 63.6. The van der Waals surface area contributed by atoms with Crippen molar-refractivity contribution in [3.63, 3.8) is 0 Å². The van der Waals surface area contributed by atoms with E-state index in [1.165, 1.54) is 84.5 Å². The number of rotatable bonds is 14. The Kier molecular flexibility index (Phi) is 22.3. The lowest BCUT2D eigenvalue weighted by atomic mass is 9.78. The van der Waals surface area contributed by atoms with E-state index in [2.05, 4.69) is 217 Å². The normalized spacial score (nSPS) is 14.7. The Hall–Kier alpha value is -13.5. The molecule has 18 heteroatoms. The Morgan fingerprint density at radius 1 is 0.319 bits per heavy atom. The lowest BCUT2D eigenvalue weighted by Gasteiger charge is -2.27. The number of nitrogens with one attached hydrogen (secondary N) is 4. The predicted molar refractivity (Wildman–Crippen MR) is 460 cm³/mol. The van der Waals surface area contributed by atoms with Crippen molar-refractivity contribution >= 4 is 58.4 Å². The molecule has 0 aliphatic heterocycles. The molecular weight excluding hydrogens is 1480 g/mol. The summed E-state index contributed by atoms with van der Waals surface area (Å²) in [6.45, 7) is 5.37. The number of nitrogens with zero attached hydrogens (tertiary/aromatic N) is 10. The van der Waals surface area contributed by atoms with Gasteiger partial charge < -0.3 is 21.3 Å². The summed E-state index contributed by atoms with van der Waals surface area (Å²) in [7, 11) is 0. The largest absolute Gasteiger partial charge is 0.350 e. The quantitative estimate of drug-likeness (QED) is 0.0809. The van der Waals surface area contributed by atoms with Crippen molar-refractivity contribution in [2.45, 2.75) is 76.3 Å². The van der Waals surface area contributed by atoms with Gasteiger partial charge in [-0.15, -0.1) is 0 Å². The van der Waals surface area contributed by atoms with E-state index in [0.717, 1.165) is 102 Å². The summed E-state index contributed by atoms with van der Waals surface area (Å²) in [6.07, 6.45) is 18.1. The molecule has 4 aliphatic rings. The van der Waals surface area contributed by atoms with Gasteiger partial charge in [0.1, 0.15) is 0 Å². The SMILES string of the molecule is Cc1cccc(Nc2ncc3c(n2)-c2ccccc2C(c2ccc(Cl)cc2)C3)c1.Cc1cccc(Nc2ncc3c(n2)-c2ccccc2C(c2ccccc2)C3)c1.Clc1ccc(C2Cc3cnc(NCc4cccnc4)nc3-c3ccccc32)cc1.Fc1ccc(C2Cc3cnc(NCc4cccnc4)nc3-c3ccccc32)cc1F. The van der Waals surface area contributed by atoms with Gasteiger partial charge in [-0.3, -0.25) is 9.97 Å². The molecule has 568 valence electrons. The predicted octanol–water partition coefficient (Wildman–Crippen LogP) is 23.0. The van der Waals surface area contributed by atoms with Crippen LogP contribution in [0.5, 0.6) is 0 Å². The highest BCUT2D eigenvalue weighted by atomic mass is 35.5. The second kappa shape index (κ2) is 34.4. The lowest BCUT2D eigenvalue weighted by molar-refractivity contribution is 0.506. The summed E-state index contributed by atoms with van der Waals surface area (Å²) >= 11 is 12.2. The third kappa shape index (κ3) is 17.0. The summed E-state index contributed by atoms with van der Waals surface area (Å²) in [6, 6.07) is 89.0. The van der Waals surface area contributed by atoms with Crippen molar-refractivity contribution in [1.82, 2.24) is 49.8 Å². The van der Waals surface area contributed by atoms with Gasteiger partial charge >= 0.3 is 0 Å². The van der Waals surface area contributed by atoms with E-state index in [9.17, 15) is 8.78 Å². The molecule has 0 amide bonds. The van der Waals surface area contributed by atoms with Crippen molar-refractivity contribution in [1.29, 1.82) is 0 Å². The van der Waals surface area contributed by atoms with Crippen molar-refractivity contribution < 1.29 is 8.78 Å². The molecule has 0 radical (unpaired) electrons. The molecule has 6 heterocycles. The van der Waals surface area contributed by atoms with Crippen molar-refractivity contribution in [2.75, 3.05) is 21.3 Å². The molecule has 0 fully saturated rings. The van der Waals surface area contributed by atoms with Gasteiger partial charge in [-0.05, 0) is 201 Å². The number of fused-ring (bicyclic) bond motifs is 12. The molecule has 4 unspecified atom stereocenters. The minimum atomic E-state index is -0.837. The maximum atomic E-state index is 13.9. The third-order valence-corrected chi connectivity index (χ3v) is 22.0. The van der Waals surface area contributed by atoms with Crippen LogP contribution in [0.3, 0.4) is 0 Å². The van der Waals surface area contributed by atoms with Crippen molar-refractivity contribution in [2.24, 2.45) is 0 Å². The van der Waals surface area contributed by atoms with Crippen LogP contribution in [-0.4, -0.2) is 49.8 Å². The molecule has 4 N–H and O–H groups in total. The topological polar surface area (TPSA) is 177 Å². The molecule has 10 aromatic carbocycles. The van der Waals surface area contributed by atoms with Gasteiger partial charge in [0.05, 0.1) is 22.8 Å². The first kappa shape index (κ1) is 75.2. The monoisotopic (exact) mass is 1560 g/mol. The van der Waals surface area contributed by atoms with Crippen LogP contribution in [0.25, 0.3) is 45.0 Å². The Morgan fingerprint density at radius 3 is 1.03 bits per heavy atom. The first-order valence-electron chi connectivity index (χ1n) is 38.7. The average Bonchev–Trinajstić information content (AvgIpc) is 0.821. The first-order chi connectivity index (χ1) is 56.9. The van der Waals surface area contributed by atoms with Gasteiger partial charge in [-0.1, -0.05) is 217 Å². The summed E-state index contributed by atoms with van der Waals surface area (Å²) < 4.78 is 27.3. The molecule has 0 spiro atoms. The average molecular weight is 1560 g/mol. The van der Waals surface area contributed by atoms with Crippen LogP contribution in [-0.2, 0) is 38.8 Å². The summed E-state index contributed by atoms with van der Waals surface area (Å²) in [4.78, 5) is 45.8. The van der Waals surface area contributed by atoms with Crippen LogP contribution in [0.1, 0.15) is 113 Å². The maximum absolute atomic E-state index is 13.9. The fourth-order valence-electron chi connectivity index (χ4n) is 15.9. The van der Waals surface area contributed by atoms with Gasteiger partial charge in [-0.25, -0.2) is 48.7 Å². The van der Waals surface area contributed by atoms with E-state index in [-0.39, 0.29) is 17.8 Å². The van der Waals surface area contributed by atoms with Gasteiger partial charge in [0, 0.05) is 130 Å². The Labute approximate surface area is 682 Å². The molecule has 0 saturated carbocycles. The summed E-state index contributed by atoms with van der Waals surface area (Å²) in [5, 5.41) is 14.8. The van der Waals surface area contributed by atoms with Gasteiger partial charge in [0.15, 0.2) is 11.6 Å². The number of benzene rings is 10. The number of anilines is 6. The standard InChI is InChI=1S/C25H20ClN3.C25H21N3.C24H19ClN4.C24H18F2N4/c1-16-5-4-6-20(13-16)28-25-27-15-18-14-23(17-9-11-19(26)12-10-17)21-7-2-3-8-22(21)24(18)29-25;1-17-8-7-11-20(14-17)27-25-26-16-19-15-23(18-9-3-2-4-10-18)21-12-5-6-13-22(21)24(19)28-25;25-19-9-7-17(8-10-19)22-12-18-15-28-24(27-14-16-4-3-11-26-13-16)29-23(18)21-6-2-1-5-20(21)22;25-21-8-7-16(11-22(21)26)20-10-17-14-29-24(28-13-15-4-3-9-27-12-15)30-23(17)19-6-2-1-5-18(19)20/h2-13,15,23H,14H2,1H3,(H,27,28,29);2-14,16,23H,15H2,1H3,(H,26,27,28);1-11,13,15,22H,12,14H2,(H,27,28,29);1-9,11-12,14,20H,10,13H2,(H,28,29,30). The number of aryl methyl sites for hydroxylation is 2. The van der Waals surface area contributed by atoms with Crippen LogP contribution < -0.4 is 21.3 Å². The molecule has 4 aliphatic carbocycles. The molecule has 0 bridgehead atoms. The van der Waals surface area contributed by atoms with E-state index >= 15 is 0 Å². The van der Waals surface area contributed by atoms with E-state index < -0.39 is 11.6 Å². The first-order valence-corrected chi connectivity index (χ1v) is 39.4. The van der Waals surface area contributed by atoms with Crippen molar-refractivity contribution in [3.05, 3.63) is 427 Å². The fourth-order valence-corrected chi connectivity index (χ4v) is 16.2. The zero-order valence-corrected chi connectivity index (χ0v) is 65.1. The second-order valence-corrected chi connectivity index (χ2v) is 30.1. The maximum Gasteiger partial charge on any atom is 0.227 e. The fraction of sp³-hybridized carbons (Fsp3) is 0.122. The van der Waals surface area contributed by atoms with E-state index in [1.807, 2.05) is 128 Å². The number of halogens is 4. The molecule has 14 nitrogen and oxygen atoms in total. The number of aromatic nitrogens is 10. The molecule has 116 heavy (non-hydrogen) atoms. The number of hydrogen-bond donors (Lipinski definition) is 4. The number of pyridine rings is 2. The van der Waals surface area contributed by atoms with Crippen molar-refractivity contribution in [3.8, 4) is 45.0 Å². The third-order valence-electron chi connectivity index (χ3n) is 21.5. The Bertz CT molecular complexity index is 6180. The second-order valence-electron chi connectivity index (χ2n) is 29.3. The van der Waals surface area contributed by atoms with Gasteiger partial charge in [-0.2, -0.15) is 0 Å². The van der Waals surface area contributed by atoms with Crippen LogP contribution in [0.15, 0.2) is 316 Å². The zero-order chi connectivity index (χ0) is 78.9. The van der Waals surface area contributed by atoms with E-state index in [1.54, 1.807) is 24.7 Å². The van der Waals surface area contributed by atoms with E-state index in [4.69, 9.17) is 43.1 Å². The molecular formula is C98H78Cl2F2N14. The summed E-state index contributed by atoms with van der Waals surface area (Å²) in [5.41, 5.74) is 29.1. The molecule has 16 aromatic rings. The highest BCUT2D eigenvalue weighted by Crippen LogP contribution is 2.47. The molecule has 4 atom stereocenters. The Balaban J connectivity index is 0.000000111. The highest BCUT2D eigenvalue weighted by Gasteiger charge is 2.32. The van der Waals surface area contributed by atoms with Crippen LogP contribution in [0, 0.1) is 25.5 Å². The van der Waals surface area contributed by atoms with Crippen LogP contribution >= 0.6 is 23.2 Å². The molecule has 6 aromatic heterocycles. The van der Waals surface area contributed by atoms with Crippen LogP contribution in [0.2, 0.25) is 10.0 Å². The Morgan fingerprint density at radius 2 is 0.664 bits per heavy atom. The van der Waals surface area contributed by atoms with Gasteiger partial charge in [0.2, 0.25) is 23.8 Å². The summed E-state index contributed by atoms with van der Waals surface area (Å²) in [5.74, 6) is 1.56. The van der Waals surface area contributed by atoms with E-state index in [0.29, 0.717) is 49.2 Å². The highest BCUT2D eigenvalue weighted by molar-refractivity contribution is 6.30. The minimum Gasteiger partial charge on any atom is -0.350 e. The smallest absolute Gasteiger partial charge is 0.227 e. The molecule has 0 saturated heterocycles.